The van der Waals surface area contributed by atoms with Gasteiger partial charge in [-0.15, -0.1) is 0 Å². The van der Waals surface area contributed by atoms with Crippen LogP contribution < -0.4 is 4.90 Å². The number of amides is 1. The van der Waals surface area contributed by atoms with Crippen molar-refractivity contribution in [1.29, 1.82) is 0 Å². The zero-order valence-corrected chi connectivity index (χ0v) is 11.7. The Labute approximate surface area is 125 Å². The normalized spacial score (nSPS) is 36.3. The summed E-state index contributed by atoms with van der Waals surface area (Å²) in [6.45, 7) is 0.327. The molecule has 4 rings (SSSR count). The zero-order valence-electron chi connectivity index (χ0n) is 10.9. The Morgan fingerprint density at radius 1 is 1.48 bits per heavy atom. The Hall–Kier alpha value is -1.85. The number of hydrogen-bond donors (Lipinski definition) is 1. The van der Waals surface area contributed by atoms with Crippen molar-refractivity contribution in [2.24, 2.45) is 11.8 Å². The maximum Gasteiger partial charge on any atom is 0.310 e. The molecule has 21 heavy (non-hydrogen) atoms. The molecule has 1 aromatic rings. The Kier molecular flexibility index (Phi) is 2.50. The highest BCUT2D eigenvalue weighted by atomic mass is 35.5. The predicted molar refractivity (Wildman–Crippen MR) is 75.2 cm³/mol. The van der Waals surface area contributed by atoms with E-state index in [0.717, 1.165) is 0 Å². The molecule has 0 aliphatic carbocycles. The van der Waals surface area contributed by atoms with Gasteiger partial charge in [-0.25, -0.2) is 0 Å². The second-order valence-electron chi connectivity index (χ2n) is 5.64. The lowest BCUT2D eigenvalue weighted by Crippen LogP contribution is -2.39. The summed E-state index contributed by atoms with van der Waals surface area (Å²) >= 11 is 5.97. The Balaban J connectivity index is 1.75. The lowest BCUT2D eigenvalue weighted by molar-refractivity contribution is -0.146. The maximum absolute atomic E-state index is 12.7. The van der Waals surface area contributed by atoms with Crippen LogP contribution in [0.25, 0.3) is 0 Å². The van der Waals surface area contributed by atoms with Gasteiger partial charge < -0.3 is 14.7 Å². The third-order valence-corrected chi connectivity index (χ3v) is 4.74. The molecule has 0 aromatic heterocycles. The molecule has 0 unspecified atom stereocenters. The standard InChI is InChI=1S/C15H12ClNO4/c16-8-2-1-3-9(6-8)17-7-15-5-4-10(21-15)11(14(19)20)12(15)13(17)18/h1-6,10-12H,7H2,(H,19,20)/t10-,11+,12+,15+/m0/s1. The summed E-state index contributed by atoms with van der Waals surface area (Å²) in [5.41, 5.74) is -0.145. The Morgan fingerprint density at radius 2 is 2.29 bits per heavy atom. The van der Waals surface area contributed by atoms with Crippen LogP contribution in [0.15, 0.2) is 36.4 Å². The number of fused-ring (bicyclic) bond motifs is 1. The van der Waals surface area contributed by atoms with Crippen molar-refractivity contribution < 1.29 is 19.4 Å². The first kappa shape index (κ1) is 12.9. The van der Waals surface area contributed by atoms with Crippen molar-refractivity contribution >= 4 is 29.2 Å². The first-order chi connectivity index (χ1) is 10.0. The van der Waals surface area contributed by atoms with Gasteiger partial charge in [0.05, 0.1) is 18.6 Å². The Bertz CT molecular complexity index is 688. The van der Waals surface area contributed by atoms with Crippen molar-refractivity contribution in [1.82, 2.24) is 0 Å². The highest BCUT2D eigenvalue weighted by Crippen LogP contribution is 2.52. The molecule has 1 N–H and O–H groups in total. The lowest BCUT2D eigenvalue weighted by atomic mass is 9.77. The topological polar surface area (TPSA) is 66.8 Å². The van der Waals surface area contributed by atoms with Crippen molar-refractivity contribution in [3.8, 4) is 0 Å². The van der Waals surface area contributed by atoms with E-state index in [1.807, 2.05) is 6.08 Å². The van der Waals surface area contributed by atoms with Gasteiger partial charge in [0.2, 0.25) is 5.91 Å². The molecule has 2 fully saturated rings. The highest BCUT2D eigenvalue weighted by Gasteiger charge is 2.67. The summed E-state index contributed by atoms with van der Waals surface area (Å²) in [7, 11) is 0. The molecule has 2 saturated heterocycles. The van der Waals surface area contributed by atoms with Crippen LogP contribution in [0.4, 0.5) is 5.69 Å². The van der Waals surface area contributed by atoms with E-state index in [1.54, 1.807) is 35.2 Å². The fourth-order valence-electron chi connectivity index (χ4n) is 3.64. The van der Waals surface area contributed by atoms with E-state index in [9.17, 15) is 14.7 Å². The van der Waals surface area contributed by atoms with Crippen molar-refractivity contribution in [3.05, 3.63) is 41.4 Å². The molecule has 1 aromatic carbocycles. The number of hydrogen-bond acceptors (Lipinski definition) is 3. The summed E-state index contributed by atoms with van der Waals surface area (Å²) in [6, 6.07) is 6.97. The predicted octanol–water partition coefficient (Wildman–Crippen LogP) is 1.71. The van der Waals surface area contributed by atoms with E-state index in [4.69, 9.17) is 16.3 Å². The molecular formula is C15H12ClNO4. The molecule has 3 heterocycles. The molecule has 6 heteroatoms. The van der Waals surface area contributed by atoms with Crippen LogP contribution in [0.5, 0.6) is 0 Å². The minimum atomic E-state index is -0.988. The van der Waals surface area contributed by atoms with Crippen molar-refractivity contribution in [3.63, 3.8) is 0 Å². The maximum atomic E-state index is 12.7. The van der Waals surface area contributed by atoms with E-state index >= 15 is 0 Å². The van der Waals surface area contributed by atoms with Crippen LogP contribution in [0.3, 0.4) is 0 Å². The number of benzene rings is 1. The van der Waals surface area contributed by atoms with Gasteiger partial charge in [0, 0.05) is 10.7 Å². The largest absolute Gasteiger partial charge is 0.481 e. The molecule has 3 aliphatic rings. The quantitative estimate of drug-likeness (QED) is 0.845. The number of nitrogens with zero attached hydrogens (tertiary/aromatic N) is 1. The van der Waals surface area contributed by atoms with Crippen LogP contribution in [0.2, 0.25) is 5.02 Å². The van der Waals surface area contributed by atoms with E-state index in [2.05, 4.69) is 0 Å². The van der Waals surface area contributed by atoms with E-state index in [1.165, 1.54) is 0 Å². The van der Waals surface area contributed by atoms with Crippen molar-refractivity contribution in [2.45, 2.75) is 11.7 Å². The van der Waals surface area contributed by atoms with E-state index < -0.39 is 29.5 Å². The number of carbonyl (C=O) groups excluding carboxylic acids is 1. The molecule has 0 radical (unpaired) electrons. The summed E-state index contributed by atoms with van der Waals surface area (Å²) in [6.07, 6.45) is 3.09. The van der Waals surface area contributed by atoms with Crippen LogP contribution in [0.1, 0.15) is 0 Å². The second-order valence-corrected chi connectivity index (χ2v) is 6.08. The van der Waals surface area contributed by atoms with Crippen LogP contribution in [0, 0.1) is 11.8 Å². The molecule has 5 nitrogen and oxygen atoms in total. The number of rotatable bonds is 2. The third kappa shape index (κ3) is 1.61. The van der Waals surface area contributed by atoms with Crippen LogP contribution in [-0.2, 0) is 14.3 Å². The van der Waals surface area contributed by atoms with Crippen LogP contribution in [-0.4, -0.2) is 35.2 Å². The summed E-state index contributed by atoms with van der Waals surface area (Å²) in [4.78, 5) is 25.7. The first-order valence-electron chi connectivity index (χ1n) is 6.69. The molecule has 0 saturated carbocycles. The highest BCUT2D eigenvalue weighted by molar-refractivity contribution is 6.31. The summed E-state index contributed by atoms with van der Waals surface area (Å²) < 4.78 is 5.82. The number of carbonyl (C=O) groups is 2. The van der Waals surface area contributed by atoms with Gasteiger partial charge in [-0.2, -0.15) is 0 Å². The number of halogens is 1. The molecule has 3 aliphatic heterocycles. The molecule has 1 amide bonds. The first-order valence-corrected chi connectivity index (χ1v) is 7.07. The fourth-order valence-corrected chi connectivity index (χ4v) is 3.83. The minimum Gasteiger partial charge on any atom is -0.481 e. The number of carboxylic acids is 1. The minimum absolute atomic E-state index is 0.212. The van der Waals surface area contributed by atoms with Crippen LogP contribution >= 0.6 is 11.6 Å². The summed E-state index contributed by atoms with van der Waals surface area (Å²) in [5, 5.41) is 9.92. The summed E-state index contributed by atoms with van der Waals surface area (Å²) in [5.74, 6) is -2.68. The molecular weight excluding hydrogens is 294 g/mol. The molecule has 4 atom stereocenters. The average molecular weight is 306 g/mol. The number of ether oxygens (including phenoxy) is 1. The van der Waals surface area contributed by atoms with Gasteiger partial charge in [0.25, 0.3) is 0 Å². The van der Waals surface area contributed by atoms with Gasteiger partial charge in [-0.3, -0.25) is 9.59 Å². The lowest BCUT2D eigenvalue weighted by Gasteiger charge is -2.21. The number of anilines is 1. The third-order valence-electron chi connectivity index (χ3n) is 4.51. The second kappa shape index (κ2) is 4.08. The van der Waals surface area contributed by atoms with Crippen molar-refractivity contribution in [2.75, 3.05) is 11.4 Å². The van der Waals surface area contributed by atoms with Gasteiger partial charge in [0.15, 0.2) is 0 Å². The van der Waals surface area contributed by atoms with Gasteiger partial charge in [-0.1, -0.05) is 29.8 Å². The van der Waals surface area contributed by atoms with Gasteiger partial charge >= 0.3 is 5.97 Å². The van der Waals surface area contributed by atoms with E-state index in [0.29, 0.717) is 17.3 Å². The fraction of sp³-hybridized carbons (Fsp3) is 0.333. The van der Waals surface area contributed by atoms with Gasteiger partial charge in [0.1, 0.15) is 11.5 Å². The monoisotopic (exact) mass is 305 g/mol. The SMILES string of the molecule is O=C(O)[C@@H]1[C@@H]2C=C[C@]3(CN(c4cccc(Cl)c4)C(=O)[C@@H]13)O2. The zero-order chi connectivity index (χ0) is 14.8. The number of aliphatic carboxylic acids is 1. The number of carboxylic acid groups (broad SMARTS) is 1. The Morgan fingerprint density at radius 3 is 3.00 bits per heavy atom. The van der Waals surface area contributed by atoms with E-state index in [-0.39, 0.29) is 5.91 Å². The van der Waals surface area contributed by atoms with Gasteiger partial charge in [-0.05, 0) is 18.2 Å². The molecule has 108 valence electrons. The average Bonchev–Trinajstić information content (AvgIpc) is 3.07. The molecule has 1 spiro atoms. The molecule has 2 bridgehead atoms. The smallest absolute Gasteiger partial charge is 0.310 e.